The van der Waals surface area contributed by atoms with Crippen LogP contribution >= 0.6 is 11.8 Å². The maximum Gasteiger partial charge on any atom is 0.255 e. The van der Waals surface area contributed by atoms with Gasteiger partial charge in [-0.2, -0.15) is 0 Å². The van der Waals surface area contributed by atoms with E-state index in [0.717, 1.165) is 21.8 Å². The number of aryl methyl sites for hydroxylation is 1. The molecule has 2 N–H and O–H groups in total. The highest BCUT2D eigenvalue weighted by Gasteiger charge is 2.38. The summed E-state index contributed by atoms with van der Waals surface area (Å²) >= 11 is 1.65. The van der Waals surface area contributed by atoms with Crippen LogP contribution in [0.2, 0.25) is 0 Å². The van der Waals surface area contributed by atoms with Gasteiger partial charge in [0, 0.05) is 47.9 Å². The Kier molecular flexibility index (Phi) is 8.24. The Balaban J connectivity index is 1.39. The van der Waals surface area contributed by atoms with Crippen molar-refractivity contribution in [1.82, 2.24) is 9.55 Å². The number of carbonyl (C=O) groups is 1. The minimum absolute atomic E-state index is 0.00246. The van der Waals surface area contributed by atoms with Gasteiger partial charge in [-0.15, -0.1) is 0 Å². The molecule has 7 nitrogen and oxygen atoms in total. The van der Waals surface area contributed by atoms with Gasteiger partial charge in [0.15, 0.2) is 11.4 Å². The van der Waals surface area contributed by atoms with Crippen LogP contribution in [0, 0.1) is 5.92 Å². The van der Waals surface area contributed by atoms with Gasteiger partial charge in [0.05, 0.1) is 18.8 Å². The third-order valence-electron chi connectivity index (χ3n) is 6.73. The Morgan fingerprint density at radius 3 is 2.53 bits per heavy atom. The van der Waals surface area contributed by atoms with Crippen LogP contribution in [0.1, 0.15) is 46.4 Å². The highest BCUT2D eigenvalue weighted by atomic mass is 32.2. The monoisotopic (exact) mass is 529 g/mol. The van der Waals surface area contributed by atoms with Gasteiger partial charge < -0.3 is 24.5 Å². The van der Waals surface area contributed by atoms with E-state index in [-0.39, 0.29) is 30.6 Å². The van der Waals surface area contributed by atoms with Crippen LogP contribution in [-0.4, -0.2) is 32.4 Å². The van der Waals surface area contributed by atoms with Gasteiger partial charge in [0.2, 0.25) is 0 Å². The standard InChI is InChI=1S/C30H31N3O4S/c1-20-26(19-38-30-31-15-16-33(30)2)36-29(37-27(20)22-13-11-21(18-34)12-14-22)24-9-6-10-25(17-24)32-28(35)23-7-4-3-5-8-23/h3-17,20,26-27,29,34H,18-19H2,1-2H3,(H,32,35)/t20-,26+,27+,29+/m0/s1. The highest BCUT2D eigenvalue weighted by Crippen LogP contribution is 2.43. The van der Waals surface area contributed by atoms with Crippen molar-refractivity contribution in [2.24, 2.45) is 13.0 Å². The second kappa shape index (κ2) is 12.0. The number of thioether (sulfide) groups is 1. The zero-order valence-corrected chi connectivity index (χ0v) is 22.2. The molecule has 1 aliphatic rings. The quantitative estimate of drug-likeness (QED) is 0.283. The van der Waals surface area contributed by atoms with Crippen molar-refractivity contribution >= 4 is 23.4 Å². The Bertz CT molecular complexity index is 1360. The molecular weight excluding hydrogens is 498 g/mol. The van der Waals surface area contributed by atoms with Crippen LogP contribution in [0.25, 0.3) is 0 Å². The zero-order chi connectivity index (χ0) is 26.5. The van der Waals surface area contributed by atoms with Gasteiger partial charge >= 0.3 is 0 Å². The van der Waals surface area contributed by atoms with Gasteiger partial charge in [0.1, 0.15) is 0 Å². The third-order valence-corrected chi connectivity index (χ3v) is 7.88. The zero-order valence-electron chi connectivity index (χ0n) is 21.4. The van der Waals surface area contributed by atoms with Gasteiger partial charge in [0.25, 0.3) is 5.91 Å². The molecule has 1 amide bonds. The number of benzene rings is 3. The summed E-state index contributed by atoms with van der Waals surface area (Å²) in [6.07, 6.45) is 2.78. The lowest BCUT2D eigenvalue weighted by Gasteiger charge is -2.41. The largest absolute Gasteiger partial charge is 0.392 e. The van der Waals surface area contributed by atoms with E-state index < -0.39 is 6.29 Å². The van der Waals surface area contributed by atoms with Crippen LogP contribution in [0.5, 0.6) is 0 Å². The van der Waals surface area contributed by atoms with Gasteiger partial charge in [-0.05, 0) is 35.4 Å². The van der Waals surface area contributed by atoms with E-state index in [1.54, 1.807) is 30.1 Å². The lowest BCUT2D eigenvalue weighted by atomic mass is 9.91. The van der Waals surface area contributed by atoms with Crippen LogP contribution in [0.4, 0.5) is 5.69 Å². The predicted octanol–water partition coefficient (Wildman–Crippen LogP) is 5.75. The third kappa shape index (κ3) is 6.00. The van der Waals surface area contributed by atoms with Crippen molar-refractivity contribution in [1.29, 1.82) is 0 Å². The summed E-state index contributed by atoms with van der Waals surface area (Å²) in [5, 5.41) is 13.4. The second-order valence-corrected chi connectivity index (χ2v) is 10.4. The molecular formula is C30H31N3O4S. The molecule has 0 unspecified atom stereocenters. The van der Waals surface area contributed by atoms with E-state index in [0.29, 0.717) is 17.0 Å². The first-order chi connectivity index (χ1) is 18.5. The molecule has 0 aliphatic carbocycles. The molecule has 0 radical (unpaired) electrons. The number of hydrogen-bond donors (Lipinski definition) is 2. The number of rotatable bonds is 8. The molecule has 196 valence electrons. The Hall–Kier alpha value is -3.43. The molecule has 5 rings (SSSR count). The molecule has 38 heavy (non-hydrogen) atoms. The number of nitrogens with one attached hydrogen (secondary N) is 1. The lowest BCUT2D eigenvalue weighted by molar-refractivity contribution is -0.268. The van der Waals surface area contributed by atoms with E-state index in [1.807, 2.05) is 84.5 Å². The van der Waals surface area contributed by atoms with Gasteiger partial charge in [-0.25, -0.2) is 4.98 Å². The number of anilines is 1. The first kappa shape index (κ1) is 26.2. The number of aromatic nitrogens is 2. The second-order valence-electron chi connectivity index (χ2n) is 9.40. The smallest absolute Gasteiger partial charge is 0.255 e. The molecule has 1 aliphatic heterocycles. The number of aliphatic hydroxyl groups excluding tert-OH is 1. The van der Waals surface area contributed by atoms with E-state index in [4.69, 9.17) is 9.47 Å². The number of carbonyl (C=O) groups excluding carboxylic acids is 1. The number of imidazole rings is 1. The number of amides is 1. The molecule has 2 heterocycles. The number of ether oxygens (including phenoxy) is 2. The molecule has 1 aromatic heterocycles. The summed E-state index contributed by atoms with van der Waals surface area (Å²) in [4.78, 5) is 17.1. The summed E-state index contributed by atoms with van der Waals surface area (Å²) in [6.45, 7) is 2.14. The maximum absolute atomic E-state index is 12.7. The average molecular weight is 530 g/mol. The molecule has 1 fully saturated rings. The van der Waals surface area contributed by atoms with Gasteiger partial charge in [-0.3, -0.25) is 4.79 Å². The molecule has 8 heteroatoms. The summed E-state index contributed by atoms with van der Waals surface area (Å²) < 4.78 is 15.1. The molecule has 0 bridgehead atoms. The normalized spacial score (nSPS) is 21.2. The summed E-state index contributed by atoms with van der Waals surface area (Å²) in [7, 11) is 1.98. The van der Waals surface area contributed by atoms with E-state index in [9.17, 15) is 9.90 Å². The van der Waals surface area contributed by atoms with Gasteiger partial charge in [-0.1, -0.05) is 73.3 Å². The molecule has 0 saturated carbocycles. The van der Waals surface area contributed by atoms with Crippen LogP contribution < -0.4 is 5.32 Å². The minimum Gasteiger partial charge on any atom is -0.392 e. The molecule has 1 saturated heterocycles. The summed E-state index contributed by atoms with van der Waals surface area (Å²) in [5.41, 5.74) is 3.98. The van der Waals surface area contributed by atoms with E-state index >= 15 is 0 Å². The fraction of sp³-hybridized carbons (Fsp3) is 0.267. The average Bonchev–Trinajstić information content (AvgIpc) is 3.37. The fourth-order valence-corrected chi connectivity index (χ4v) is 5.61. The molecule has 4 aromatic rings. The van der Waals surface area contributed by atoms with Crippen molar-refractivity contribution < 1.29 is 19.4 Å². The van der Waals surface area contributed by atoms with Crippen LogP contribution in [0.15, 0.2) is 96.4 Å². The maximum atomic E-state index is 12.7. The van der Waals surface area contributed by atoms with Crippen molar-refractivity contribution in [2.45, 2.75) is 37.2 Å². The first-order valence-electron chi connectivity index (χ1n) is 12.6. The number of hydrogen-bond acceptors (Lipinski definition) is 6. The van der Waals surface area contributed by atoms with E-state index in [2.05, 4.69) is 17.2 Å². The Labute approximate surface area is 226 Å². The predicted molar refractivity (Wildman–Crippen MR) is 148 cm³/mol. The van der Waals surface area contributed by atoms with Crippen LogP contribution in [0.3, 0.4) is 0 Å². The number of aliphatic hydroxyl groups is 1. The van der Waals surface area contributed by atoms with E-state index in [1.165, 1.54) is 0 Å². The SMILES string of the molecule is C[C@H]1[C@@H](CSc2nccn2C)O[C@@H](c2cccc(NC(=O)c3ccccc3)c2)O[C@H]1c1ccc(CO)cc1. The molecule has 0 spiro atoms. The molecule has 3 aromatic carbocycles. The Morgan fingerprint density at radius 1 is 1.03 bits per heavy atom. The lowest BCUT2D eigenvalue weighted by Crippen LogP contribution is -2.38. The van der Waals surface area contributed by atoms with Crippen molar-refractivity contribution in [3.8, 4) is 0 Å². The minimum atomic E-state index is -0.616. The van der Waals surface area contributed by atoms with Crippen molar-refractivity contribution in [3.05, 3.63) is 114 Å². The summed E-state index contributed by atoms with van der Waals surface area (Å²) in [5.74, 6) is 0.606. The van der Waals surface area contributed by atoms with Crippen molar-refractivity contribution in [3.63, 3.8) is 0 Å². The molecule has 4 atom stereocenters. The van der Waals surface area contributed by atoms with Crippen molar-refractivity contribution in [2.75, 3.05) is 11.1 Å². The first-order valence-corrected chi connectivity index (χ1v) is 13.6. The summed E-state index contributed by atoms with van der Waals surface area (Å²) in [6, 6.07) is 24.6. The fourth-order valence-electron chi connectivity index (χ4n) is 4.51. The Morgan fingerprint density at radius 2 is 1.82 bits per heavy atom. The highest BCUT2D eigenvalue weighted by molar-refractivity contribution is 7.99. The number of nitrogens with zero attached hydrogens (tertiary/aromatic N) is 2. The van der Waals surface area contributed by atoms with Crippen LogP contribution in [-0.2, 0) is 23.1 Å². The topological polar surface area (TPSA) is 85.6 Å².